The van der Waals surface area contributed by atoms with Crippen molar-refractivity contribution in [2.45, 2.75) is 37.0 Å². The number of thioether (sulfide) groups is 1. The molecule has 1 saturated carbocycles. The van der Waals surface area contributed by atoms with Gasteiger partial charge in [0.15, 0.2) is 5.16 Å². The lowest BCUT2D eigenvalue weighted by atomic mass is 10.2. The zero-order chi connectivity index (χ0) is 19.3. The van der Waals surface area contributed by atoms with E-state index in [4.69, 9.17) is 9.15 Å². The third-order valence-electron chi connectivity index (χ3n) is 4.54. The van der Waals surface area contributed by atoms with E-state index in [1.54, 1.807) is 13.4 Å². The summed E-state index contributed by atoms with van der Waals surface area (Å²) >= 11 is 1.40. The van der Waals surface area contributed by atoms with Crippen molar-refractivity contribution in [3.63, 3.8) is 0 Å². The Hall–Kier alpha value is -2.74. The topological polar surface area (TPSA) is 82.2 Å². The van der Waals surface area contributed by atoms with Crippen LogP contribution >= 0.6 is 11.8 Å². The van der Waals surface area contributed by atoms with Gasteiger partial charge in [0.05, 0.1) is 25.7 Å². The van der Waals surface area contributed by atoms with Crippen molar-refractivity contribution in [3.05, 3.63) is 59.8 Å². The van der Waals surface area contributed by atoms with Gasteiger partial charge in [-0.05, 0) is 42.7 Å². The van der Waals surface area contributed by atoms with Crippen molar-refractivity contribution in [3.8, 4) is 5.75 Å². The quantitative estimate of drug-likeness (QED) is 0.558. The van der Waals surface area contributed by atoms with E-state index in [0.29, 0.717) is 19.0 Å². The van der Waals surface area contributed by atoms with Gasteiger partial charge in [-0.3, -0.25) is 9.36 Å². The lowest BCUT2D eigenvalue weighted by molar-refractivity contribution is -0.118. The molecule has 0 unspecified atom stereocenters. The number of aromatic nitrogens is 3. The van der Waals surface area contributed by atoms with Crippen molar-refractivity contribution in [1.29, 1.82) is 0 Å². The fourth-order valence-corrected chi connectivity index (χ4v) is 3.70. The predicted octanol–water partition coefficient (Wildman–Crippen LogP) is 3.21. The molecule has 1 aliphatic carbocycles. The standard InChI is InChI=1S/C20H22N4O3S/c1-26-16-5-2-4-14(10-16)11-21-18(25)13-28-20-23-22-19(15-7-8-15)24(20)12-17-6-3-9-27-17/h2-6,9-10,15H,7-8,11-13H2,1H3,(H,21,25). The van der Waals surface area contributed by atoms with Crippen LogP contribution in [0.5, 0.6) is 5.75 Å². The molecule has 1 fully saturated rings. The van der Waals surface area contributed by atoms with Crippen molar-refractivity contribution < 1.29 is 13.9 Å². The van der Waals surface area contributed by atoms with E-state index in [-0.39, 0.29) is 11.7 Å². The number of carbonyl (C=O) groups excluding carboxylic acids is 1. The summed E-state index contributed by atoms with van der Waals surface area (Å²) in [5.41, 5.74) is 0.995. The molecule has 0 atom stereocenters. The maximum Gasteiger partial charge on any atom is 0.230 e. The highest BCUT2D eigenvalue weighted by molar-refractivity contribution is 7.99. The number of amides is 1. The van der Waals surface area contributed by atoms with Gasteiger partial charge in [-0.1, -0.05) is 23.9 Å². The van der Waals surface area contributed by atoms with Crippen LogP contribution in [0.15, 0.2) is 52.2 Å². The first kappa shape index (κ1) is 18.6. The Bertz CT molecular complexity index is 935. The fourth-order valence-electron chi connectivity index (χ4n) is 2.92. The van der Waals surface area contributed by atoms with E-state index >= 15 is 0 Å². The molecule has 28 heavy (non-hydrogen) atoms. The highest BCUT2D eigenvalue weighted by Gasteiger charge is 2.30. The van der Waals surface area contributed by atoms with E-state index in [0.717, 1.165) is 40.9 Å². The molecule has 0 saturated heterocycles. The molecule has 2 aromatic heterocycles. The number of nitrogens with one attached hydrogen (secondary N) is 1. The van der Waals surface area contributed by atoms with E-state index in [1.807, 2.05) is 36.4 Å². The van der Waals surface area contributed by atoms with Crippen molar-refractivity contribution in [2.75, 3.05) is 12.9 Å². The van der Waals surface area contributed by atoms with Gasteiger partial charge in [0, 0.05) is 12.5 Å². The summed E-state index contributed by atoms with van der Waals surface area (Å²) in [5.74, 6) is 3.32. The molecule has 1 amide bonds. The maximum absolute atomic E-state index is 12.3. The number of methoxy groups -OCH3 is 1. The number of carbonyl (C=O) groups is 1. The number of benzene rings is 1. The zero-order valence-electron chi connectivity index (χ0n) is 15.6. The first-order valence-electron chi connectivity index (χ1n) is 9.21. The third-order valence-corrected chi connectivity index (χ3v) is 5.50. The molecule has 1 aliphatic rings. The first-order valence-corrected chi connectivity index (χ1v) is 10.2. The molecule has 8 heteroatoms. The van der Waals surface area contributed by atoms with Crippen LogP contribution in [0.4, 0.5) is 0 Å². The van der Waals surface area contributed by atoms with Gasteiger partial charge in [0.2, 0.25) is 5.91 Å². The van der Waals surface area contributed by atoms with Gasteiger partial charge in [-0.2, -0.15) is 0 Å². The predicted molar refractivity (Wildman–Crippen MR) is 105 cm³/mol. The van der Waals surface area contributed by atoms with Gasteiger partial charge >= 0.3 is 0 Å². The minimum atomic E-state index is -0.0478. The van der Waals surface area contributed by atoms with E-state index in [2.05, 4.69) is 20.1 Å². The average Bonchev–Trinajstić information content (AvgIpc) is 3.28. The highest BCUT2D eigenvalue weighted by atomic mass is 32.2. The number of ether oxygens (including phenoxy) is 1. The second-order valence-corrected chi connectivity index (χ2v) is 7.64. The van der Waals surface area contributed by atoms with Crippen molar-refractivity contribution in [2.24, 2.45) is 0 Å². The molecule has 1 N–H and O–H groups in total. The minimum absolute atomic E-state index is 0.0478. The van der Waals surface area contributed by atoms with E-state index < -0.39 is 0 Å². The summed E-state index contributed by atoms with van der Waals surface area (Å²) in [6, 6.07) is 11.5. The Kier molecular flexibility index (Phi) is 5.66. The van der Waals surface area contributed by atoms with Crippen LogP contribution in [0, 0.1) is 0 Å². The number of furan rings is 1. The van der Waals surface area contributed by atoms with Crippen LogP contribution in [-0.4, -0.2) is 33.5 Å². The molecule has 2 heterocycles. The lowest BCUT2D eigenvalue weighted by Gasteiger charge is -2.09. The minimum Gasteiger partial charge on any atom is -0.497 e. The number of rotatable bonds is 9. The maximum atomic E-state index is 12.3. The summed E-state index contributed by atoms with van der Waals surface area (Å²) in [6.45, 7) is 1.04. The van der Waals surface area contributed by atoms with Crippen LogP contribution in [0.1, 0.15) is 35.9 Å². The zero-order valence-corrected chi connectivity index (χ0v) is 16.4. The van der Waals surface area contributed by atoms with Gasteiger partial charge in [-0.15, -0.1) is 10.2 Å². The summed E-state index contributed by atoms with van der Waals surface area (Å²) in [5, 5.41) is 12.3. The number of hydrogen-bond acceptors (Lipinski definition) is 6. The average molecular weight is 398 g/mol. The van der Waals surface area contributed by atoms with Crippen LogP contribution < -0.4 is 10.1 Å². The second-order valence-electron chi connectivity index (χ2n) is 6.70. The first-order chi connectivity index (χ1) is 13.7. The van der Waals surface area contributed by atoms with Gasteiger partial charge in [-0.25, -0.2) is 0 Å². The van der Waals surface area contributed by atoms with Crippen LogP contribution in [0.2, 0.25) is 0 Å². The Morgan fingerprint density at radius 2 is 2.21 bits per heavy atom. The van der Waals surface area contributed by atoms with Crippen molar-refractivity contribution >= 4 is 17.7 Å². The SMILES string of the molecule is COc1cccc(CNC(=O)CSc2nnc(C3CC3)n2Cc2ccco2)c1. The lowest BCUT2D eigenvalue weighted by Crippen LogP contribution is -2.24. The smallest absolute Gasteiger partial charge is 0.230 e. The molecular formula is C20H22N4O3S. The van der Waals surface area contributed by atoms with Gasteiger partial charge < -0.3 is 14.5 Å². The molecule has 1 aromatic carbocycles. The van der Waals surface area contributed by atoms with Crippen LogP contribution in [0.3, 0.4) is 0 Å². The fraction of sp³-hybridized carbons (Fsp3) is 0.350. The van der Waals surface area contributed by atoms with Gasteiger partial charge in [0.1, 0.15) is 17.3 Å². The molecule has 146 valence electrons. The Morgan fingerprint density at radius 3 is 2.96 bits per heavy atom. The molecule has 0 aliphatic heterocycles. The van der Waals surface area contributed by atoms with Crippen molar-refractivity contribution in [1.82, 2.24) is 20.1 Å². The Balaban J connectivity index is 1.35. The molecule has 0 radical (unpaired) electrons. The number of hydrogen-bond donors (Lipinski definition) is 1. The molecule has 3 aromatic rings. The Labute approximate surface area is 167 Å². The monoisotopic (exact) mass is 398 g/mol. The van der Waals surface area contributed by atoms with Gasteiger partial charge in [0.25, 0.3) is 0 Å². The third kappa shape index (κ3) is 4.56. The van der Waals surface area contributed by atoms with E-state index in [9.17, 15) is 4.79 Å². The summed E-state index contributed by atoms with van der Waals surface area (Å²) < 4.78 is 12.7. The number of nitrogens with zero attached hydrogens (tertiary/aromatic N) is 3. The molecule has 0 spiro atoms. The second kappa shape index (κ2) is 8.52. The molecular weight excluding hydrogens is 376 g/mol. The van der Waals surface area contributed by atoms with Crippen LogP contribution in [0.25, 0.3) is 0 Å². The Morgan fingerprint density at radius 1 is 1.32 bits per heavy atom. The summed E-state index contributed by atoms with van der Waals surface area (Å²) in [4.78, 5) is 12.3. The molecule has 4 rings (SSSR count). The normalized spacial score (nSPS) is 13.5. The van der Waals surface area contributed by atoms with E-state index in [1.165, 1.54) is 11.8 Å². The molecule has 7 nitrogen and oxygen atoms in total. The summed E-state index contributed by atoms with van der Waals surface area (Å²) in [6.07, 6.45) is 3.94. The van der Waals surface area contributed by atoms with Crippen LogP contribution in [-0.2, 0) is 17.9 Å². The summed E-state index contributed by atoms with van der Waals surface area (Å²) in [7, 11) is 1.63. The molecule has 0 bridgehead atoms. The largest absolute Gasteiger partial charge is 0.497 e. The highest BCUT2D eigenvalue weighted by Crippen LogP contribution is 2.40.